The molecule has 20 heavy (non-hydrogen) atoms. The van der Waals surface area contributed by atoms with E-state index >= 15 is 0 Å². The molecule has 1 aromatic carbocycles. The van der Waals surface area contributed by atoms with Gasteiger partial charge in [0, 0.05) is 13.2 Å². The van der Waals surface area contributed by atoms with Crippen molar-refractivity contribution in [2.24, 2.45) is 7.05 Å². The van der Waals surface area contributed by atoms with Crippen molar-refractivity contribution in [3.05, 3.63) is 59.4 Å². The Hall–Kier alpha value is -2.03. The minimum Gasteiger partial charge on any atom is -0.347 e. The molecule has 0 unspecified atom stereocenters. The molecule has 0 fully saturated rings. The van der Waals surface area contributed by atoms with E-state index in [0.29, 0.717) is 11.6 Å². The monoisotopic (exact) mass is 270 g/mol. The minimum atomic E-state index is -0.0436. The molecule has 2 aromatic rings. The Morgan fingerprint density at radius 1 is 1.05 bits per heavy atom. The fraction of sp³-hybridized carbons (Fsp3) is 0.353. The van der Waals surface area contributed by atoms with Gasteiger partial charge in [0.2, 0.25) is 0 Å². The number of nitrogens with one attached hydrogen (secondary N) is 1. The summed E-state index contributed by atoms with van der Waals surface area (Å²) in [4.78, 5) is 12.2. The molecule has 1 amide bonds. The average molecular weight is 270 g/mol. The van der Waals surface area contributed by atoms with Crippen molar-refractivity contribution in [3.63, 3.8) is 0 Å². The molecule has 0 bridgehead atoms. The third-order valence-electron chi connectivity index (χ3n) is 3.63. The van der Waals surface area contributed by atoms with Crippen LogP contribution in [0.5, 0.6) is 0 Å². The molecule has 0 aliphatic rings. The van der Waals surface area contributed by atoms with Gasteiger partial charge in [0.05, 0.1) is 6.04 Å². The lowest BCUT2D eigenvalue weighted by Gasteiger charge is -2.16. The zero-order valence-electron chi connectivity index (χ0n) is 12.6. The van der Waals surface area contributed by atoms with Crippen molar-refractivity contribution >= 4 is 5.91 Å². The molecule has 0 spiro atoms. The average Bonchev–Trinajstić information content (AvgIpc) is 2.85. The normalized spacial score (nSPS) is 12.4. The number of aromatic nitrogens is 1. The number of benzene rings is 1. The van der Waals surface area contributed by atoms with E-state index in [1.54, 1.807) is 0 Å². The molecule has 106 valence electrons. The first-order valence-corrected chi connectivity index (χ1v) is 7.01. The van der Waals surface area contributed by atoms with E-state index in [1.165, 1.54) is 5.56 Å². The summed E-state index contributed by atoms with van der Waals surface area (Å²) in [5.41, 5.74) is 3.11. The highest BCUT2D eigenvalue weighted by Crippen LogP contribution is 2.18. The summed E-state index contributed by atoms with van der Waals surface area (Å²) in [5.74, 6) is 0.482. The SMILES string of the molecule is CC(C)c1ccc([C@H](C)NC(=O)c2cccn2C)cc1. The van der Waals surface area contributed by atoms with Crippen LogP contribution in [0, 0.1) is 0 Å². The van der Waals surface area contributed by atoms with Crippen molar-refractivity contribution in [2.75, 3.05) is 0 Å². The van der Waals surface area contributed by atoms with Crippen molar-refractivity contribution in [2.45, 2.75) is 32.7 Å². The Labute approximate surface area is 120 Å². The number of rotatable bonds is 4. The summed E-state index contributed by atoms with van der Waals surface area (Å²) in [7, 11) is 1.87. The molecule has 0 aliphatic carbocycles. The van der Waals surface area contributed by atoms with Gasteiger partial charge in [-0.25, -0.2) is 0 Å². The lowest BCUT2D eigenvalue weighted by molar-refractivity contribution is 0.0931. The summed E-state index contributed by atoms with van der Waals surface area (Å²) in [5, 5.41) is 3.03. The highest BCUT2D eigenvalue weighted by molar-refractivity contribution is 5.92. The van der Waals surface area contributed by atoms with Gasteiger partial charge in [0.1, 0.15) is 5.69 Å². The summed E-state index contributed by atoms with van der Waals surface area (Å²) < 4.78 is 1.82. The smallest absolute Gasteiger partial charge is 0.268 e. The largest absolute Gasteiger partial charge is 0.347 e. The van der Waals surface area contributed by atoms with E-state index < -0.39 is 0 Å². The maximum Gasteiger partial charge on any atom is 0.268 e. The molecule has 2 rings (SSSR count). The predicted molar refractivity (Wildman–Crippen MR) is 81.8 cm³/mol. The lowest BCUT2D eigenvalue weighted by Crippen LogP contribution is -2.28. The van der Waals surface area contributed by atoms with Crippen molar-refractivity contribution in [3.8, 4) is 0 Å². The van der Waals surface area contributed by atoms with Crippen molar-refractivity contribution in [1.82, 2.24) is 9.88 Å². The first kappa shape index (κ1) is 14.4. The van der Waals surface area contributed by atoms with Crippen LogP contribution in [0.25, 0.3) is 0 Å². The van der Waals surface area contributed by atoms with Crippen LogP contribution in [-0.2, 0) is 7.05 Å². The number of hydrogen-bond acceptors (Lipinski definition) is 1. The van der Waals surface area contributed by atoms with Gasteiger partial charge in [-0.15, -0.1) is 0 Å². The van der Waals surface area contributed by atoms with Crippen molar-refractivity contribution < 1.29 is 4.79 Å². The van der Waals surface area contributed by atoms with Gasteiger partial charge >= 0.3 is 0 Å². The Morgan fingerprint density at radius 3 is 2.15 bits per heavy atom. The van der Waals surface area contributed by atoms with Crippen LogP contribution in [0.1, 0.15) is 54.3 Å². The number of amides is 1. The van der Waals surface area contributed by atoms with Crippen LogP contribution in [0.3, 0.4) is 0 Å². The van der Waals surface area contributed by atoms with E-state index in [9.17, 15) is 4.79 Å². The fourth-order valence-corrected chi connectivity index (χ4v) is 2.22. The fourth-order valence-electron chi connectivity index (χ4n) is 2.22. The van der Waals surface area contributed by atoms with Crippen molar-refractivity contribution in [1.29, 1.82) is 0 Å². The predicted octanol–water partition coefficient (Wildman–Crippen LogP) is 3.64. The number of carbonyl (C=O) groups excluding carboxylic acids is 1. The number of carbonyl (C=O) groups is 1. The van der Waals surface area contributed by atoms with Gasteiger partial charge < -0.3 is 9.88 Å². The maximum atomic E-state index is 12.2. The molecular weight excluding hydrogens is 248 g/mol. The van der Waals surface area contributed by atoms with E-state index in [0.717, 1.165) is 5.56 Å². The second-order valence-electron chi connectivity index (χ2n) is 5.52. The van der Waals surface area contributed by atoms with E-state index in [2.05, 4.69) is 43.4 Å². The lowest BCUT2D eigenvalue weighted by atomic mass is 9.99. The van der Waals surface area contributed by atoms with Gasteiger partial charge in [-0.3, -0.25) is 4.79 Å². The molecule has 0 aliphatic heterocycles. The van der Waals surface area contributed by atoms with Gasteiger partial charge in [-0.05, 0) is 36.1 Å². The Kier molecular flexibility index (Phi) is 4.28. The minimum absolute atomic E-state index is 0.00128. The topological polar surface area (TPSA) is 34.0 Å². The highest BCUT2D eigenvalue weighted by Gasteiger charge is 2.13. The first-order valence-electron chi connectivity index (χ1n) is 7.01. The van der Waals surface area contributed by atoms with Gasteiger partial charge in [0.15, 0.2) is 0 Å². The number of aryl methyl sites for hydroxylation is 1. The molecule has 0 saturated carbocycles. The van der Waals surface area contributed by atoms with E-state index in [4.69, 9.17) is 0 Å². The standard InChI is InChI=1S/C17H22N2O/c1-12(2)14-7-9-15(10-8-14)13(3)18-17(20)16-6-5-11-19(16)4/h5-13H,1-4H3,(H,18,20)/t13-/m0/s1. The Morgan fingerprint density at radius 2 is 1.65 bits per heavy atom. The molecule has 0 radical (unpaired) electrons. The van der Waals surface area contributed by atoms with Crippen LogP contribution in [-0.4, -0.2) is 10.5 Å². The first-order chi connectivity index (χ1) is 9.49. The maximum absolute atomic E-state index is 12.2. The second kappa shape index (κ2) is 5.95. The van der Waals surface area contributed by atoms with Gasteiger partial charge in [-0.1, -0.05) is 38.1 Å². The summed E-state index contributed by atoms with van der Waals surface area (Å²) in [6, 6.07) is 12.1. The molecule has 1 atom stereocenters. The summed E-state index contributed by atoms with van der Waals surface area (Å²) in [6.07, 6.45) is 1.87. The van der Waals surface area contributed by atoms with Crippen LogP contribution in [0.4, 0.5) is 0 Å². The Balaban J connectivity index is 2.06. The summed E-state index contributed by atoms with van der Waals surface area (Å²) >= 11 is 0. The molecule has 1 aromatic heterocycles. The van der Waals surface area contributed by atoms with E-state index in [-0.39, 0.29) is 11.9 Å². The molecule has 1 N–H and O–H groups in total. The molecule has 3 nitrogen and oxygen atoms in total. The summed E-state index contributed by atoms with van der Waals surface area (Å²) in [6.45, 7) is 6.36. The zero-order chi connectivity index (χ0) is 14.7. The van der Waals surface area contributed by atoms with Crippen LogP contribution >= 0.6 is 0 Å². The van der Waals surface area contributed by atoms with Crippen LogP contribution in [0.15, 0.2) is 42.6 Å². The quantitative estimate of drug-likeness (QED) is 0.904. The van der Waals surface area contributed by atoms with Gasteiger partial charge in [0.25, 0.3) is 5.91 Å². The van der Waals surface area contributed by atoms with Crippen LogP contribution in [0.2, 0.25) is 0 Å². The molecule has 0 saturated heterocycles. The second-order valence-corrected chi connectivity index (χ2v) is 5.52. The number of nitrogens with zero attached hydrogens (tertiary/aromatic N) is 1. The molecule has 3 heteroatoms. The third-order valence-corrected chi connectivity index (χ3v) is 3.63. The molecule has 1 heterocycles. The highest BCUT2D eigenvalue weighted by atomic mass is 16.2. The van der Waals surface area contributed by atoms with E-state index in [1.807, 2.05) is 36.9 Å². The Bertz CT molecular complexity index is 581. The zero-order valence-corrected chi connectivity index (χ0v) is 12.6. The molecular formula is C17H22N2O. The van der Waals surface area contributed by atoms with Gasteiger partial charge in [-0.2, -0.15) is 0 Å². The van der Waals surface area contributed by atoms with Crippen LogP contribution < -0.4 is 5.32 Å². The third kappa shape index (κ3) is 3.10. The number of hydrogen-bond donors (Lipinski definition) is 1.